The Bertz CT molecular complexity index is 936. The van der Waals surface area contributed by atoms with Crippen LogP contribution in [0.25, 0.3) is 11.0 Å². The van der Waals surface area contributed by atoms with E-state index >= 15 is 0 Å². The maximum atomic E-state index is 12.1. The molecule has 3 rings (SSSR count). The van der Waals surface area contributed by atoms with Gasteiger partial charge in [-0.15, -0.1) is 0 Å². The fourth-order valence-electron chi connectivity index (χ4n) is 2.43. The van der Waals surface area contributed by atoms with Gasteiger partial charge in [0.1, 0.15) is 23.9 Å². The highest BCUT2D eigenvalue weighted by Crippen LogP contribution is 2.20. The number of carbonyl (C=O) groups is 1. The minimum absolute atomic E-state index is 0.0743. The van der Waals surface area contributed by atoms with Crippen LogP contribution in [0.3, 0.4) is 0 Å². The van der Waals surface area contributed by atoms with Crippen LogP contribution >= 0.6 is 11.8 Å². The summed E-state index contributed by atoms with van der Waals surface area (Å²) in [6.07, 6.45) is 1.33. The molecule has 2 heterocycles. The van der Waals surface area contributed by atoms with E-state index in [1.54, 1.807) is 16.7 Å². The van der Waals surface area contributed by atoms with Crippen LogP contribution in [0.4, 0.5) is 8.78 Å². The van der Waals surface area contributed by atoms with Crippen molar-refractivity contribution < 1.29 is 18.0 Å². The topological polar surface area (TPSA) is 72.4 Å². The molecule has 136 valence electrons. The molecule has 0 aliphatic carbocycles. The molecule has 6 nitrogen and oxygen atoms in total. The maximum absolute atomic E-state index is 12.1. The monoisotopic (exact) mass is 378 g/mol. The summed E-state index contributed by atoms with van der Waals surface area (Å²) in [6, 6.07) is 10.8. The van der Waals surface area contributed by atoms with Gasteiger partial charge in [0.15, 0.2) is 0 Å². The Hall–Kier alpha value is -2.68. The quantitative estimate of drug-likeness (QED) is 0.504. The lowest BCUT2D eigenvalue weighted by Crippen LogP contribution is -2.23. The fraction of sp³-hybridized carbons (Fsp3) is 0.235. The van der Waals surface area contributed by atoms with E-state index in [0.717, 1.165) is 16.9 Å². The Balaban J connectivity index is 1.57. The number of nitrogens with one attached hydrogen (secondary N) is 1. The molecule has 2 aromatic heterocycles. The summed E-state index contributed by atoms with van der Waals surface area (Å²) in [5.41, 5.74) is 4.11. The number of amides is 1. The van der Waals surface area contributed by atoms with Crippen molar-refractivity contribution in [3.63, 3.8) is 0 Å². The van der Waals surface area contributed by atoms with Crippen molar-refractivity contribution in [3.8, 4) is 0 Å². The number of halogens is 2. The van der Waals surface area contributed by atoms with Crippen molar-refractivity contribution in [3.05, 3.63) is 53.7 Å². The highest BCUT2D eigenvalue weighted by Gasteiger charge is 2.10. The lowest BCUT2D eigenvalue weighted by Gasteiger charge is -2.05. The van der Waals surface area contributed by atoms with Crippen LogP contribution in [0.5, 0.6) is 0 Å². The normalized spacial score (nSPS) is 11.7. The Labute approximate surface area is 152 Å². The molecule has 0 aliphatic rings. The molecule has 1 N–H and O–H groups in total. The zero-order chi connectivity index (χ0) is 18.5. The summed E-state index contributed by atoms with van der Waals surface area (Å²) in [7, 11) is 0. The van der Waals surface area contributed by atoms with Crippen molar-refractivity contribution in [1.29, 1.82) is 0 Å². The number of para-hydroxylation sites is 2. The van der Waals surface area contributed by atoms with Crippen LogP contribution < -0.4 is 5.43 Å². The van der Waals surface area contributed by atoms with Gasteiger partial charge in [-0.1, -0.05) is 23.9 Å². The summed E-state index contributed by atoms with van der Waals surface area (Å²) in [4.78, 5) is 16.5. The van der Waals surface area contributed by atoms with E-state index in [9.17, 15) is 13.6 Å². The minimum Gasteiger partial charge on any atom is -0.459 e. The van der Waals surface area contributed by atoms with E-state index < -0.39 is 5.76 Å². The van der Waals surface area contributed by atoms with E-state index in [4.69, 9.17) is 4.42 Å². The van der Waals surface area contributed by atoms with E-state index in [0.29, 0.717) is 23.3 Å². The number of furan rings is 1. The largest absolute Gasteiger partial charge is 0.459 e. The van der Waals surface area contributed by atoms with E-state index in [1.807, 2.05) is 31.2 Å². The number of imidazole rings is 1. The van der Waals surface area contributed by atoms with Crippen molar-refractivity contribution in [2.45, 2.75) is 25.0 Å². The first-order valence-electron chi connectivity index (χ1n) is 7.75. The Morgan fingerprint density at radius 2 is 2.19 bits per heavy atom. The van der Waals surface area contributed by atoms with Gasteiger partial charge in [-0.05, 0) is 31.2 Å². The van der Waals surface area contributed by atoms with Crippen molar-refractivity contribution in [2.24, 2.45) is 5.10 Å². The summed E-state index contributed by atoms with van der Waals surface area (Å²) in [5, 5.41) is 3.83. The van der Waals surface area contributed by atoms with Crippen LogP contribution in [0.1, 0.15) is 17.3 Å². The number of thioether (sulfide) groups is 1. The number of aryl methyl sites for hydroxylation is 1. The zero-order valence-electron chi connectivity index (χ0n) is 13.9. The van der Waals surface area contributed by atoms with Gasteiger partial charge in [0.05, 0.1) is 23.0 Å². The number of fused-ring (bicyclic) bond motifs is 1. The molecule has 0 unspecified atom stereocenters. The summed E-state index contributed by atoms with van der Waals surface area (Å²) < 4.78 is 31.4. The lowest BCUT2D eigenvalue weighted by atomic mass is 10.3. The fourth-order valence-corrected chi connectivity index (χ4v) is 2.87. The third-order valence-corrected chi connectivity index (χ3v) is 4.27. The average molecular weight is 378 g/mol. The zero-order valence-corrected chi connectivity index (χ0v) is 14.7. The number of alkyl halides is 2. The van der Waals surface area contributed by atoms with Gasteiger partial charge in [0.2, 0.25) is 0 Å². The standard InChI is InChI=1S/C17H16F2N4O2S/c1-11-21-14-4-2-3-5-15(14)23(11)9-16(24)22-20-8-12-6-7-13(25-12)10-26-17(18)19/h2-8,17H,9-10H2,1H3,(H,22,24)/b20-8-. The Morgan fingerprint density at radius 1 is 1.38 bits per heavy atom. The maximum Gasteiger partial charge on any atom is 0.284 e. The third kappa shape index (κ3) is 4.48. The summed E-state index contributed by atoms with van der Waals surface area (Å²) in [5.74, 6) is -1.16. The smallest absolute Gasteiger partial charge is 0.284 e. The van der Waals surface area contributed by atoms with Crippen molar-refractivity contribution in [1.82, 2.24) is 15.0 Å². The first-order valence-corrected chi connectivity index (χ1v) is 8.80. The molecule has 0 saturated carbocycles. The van der Waals surface area contributed by atoms with Crippen LogP contribution in [-0.2, 0) is 17.1 Å². The molecule has 0 atom stereocenters. The molecule has 1 amide bonds. The minimum atomic E-state index is -2.45. The van der Waals surface area contributed by atoms with Crippen LogP contribution in [0.2, 0.25) is 0 Å². The SMILES string of the molecule is Cc1nc2ccccc2n1CC(=O)N/N=C\c1ccc(CSC(F)F)o1. The second-order valence-corrected chi connectivity index (χ2v) is 6.38. The molecular weight excluding hydrogens is 362 g/mol. The lowest BCUT2D eigenvalue weighted by molar-refractivity contribution is -0.121. The summed E-state index contributed by atoms with van der Waals surface area (Å²) >= 11 is 0.481. The van der Waals surface area contributed by atoms with Gasteiger partial charge >= 0.3 is 0 Å². The predicted octanol–water partition coefficient (Wildman–Crippen LogP) is 3.54. The van der Waals surface area contributed by atoms with Crippen molar-refractivity contribution in [2.75, 3.05) is 0 Å². The molecule has 3 aromatic rings. The first kappa shape index (κ1) is 18.1. The van der Waals surface area contributed by atoms with Gasteiger partial charge in [0, 0.05) is 0 Å². The molecule has 9 heteroatoms. The second kappa shape index (κ2) is 8.13. The van der Waals surface area contributed by atoms with E-state index in [2.05, 4.69) is 15.5 Å². The third-order valence-electron chi connectivity index (χ3n) is 3.56. The molecule has 1 aromatic carbocycles. The van der Waals surface area contributed by atoms with Gasteiger partial charge in [-0.2, -0.15) is 13.9 Å². The van der Waals surface area contributed by atoms with Crippen LogP contribution in [-0.4, -0.2) is 27.4 Å². The average Bonchev–Trinajstić information content (AvgIpc) is 3.18. The molecule has 0 spiro atoms. The van der Waals surface area contributed by atoms with Crippen LogP contribution in [0.15, 0.2) is 45.9 Å². The molecule has 26 heavy (non-hydrogen) atoms. The highest BCUT2D eigenvalue weighted by atomic mass is 32.2. The molecule has 0 saturated heterocycles. The number of hydrazone groups is 1. The van der Waals surface area contributed by atoms with E-state index in [1.165, 1.54) is 6.21 Å². The summed E-state index contributed by atoms with van der Waals surface area (Å²) in [6.45, 7) is 1.91. The first-order chi connectivity index (χ1) is 12.5. The number of rotatable bonds is 7. The number of aromatic nitrogens is 2. The Morgan fingerprint density at radius 3 is 3.00 bits per heavy atom. The number of carbonyl (C=O) groups excluding carboxylic acids is 1. The molecule has 0 fully saturated rings. The van der Waals surface area contributed by atoms with Gasteiger partial charge in [0.25, 0.3) is 11.7 Å². The van der Waals surface area contributed by atoms with Crippen molar-refractivity contribution >= 4 is 34.9 Å². The van der Waals surface area contributed by atoms with Crippen LogP contribution in [0, 0.1) is 6.92 Å². The number of nitrogens with zero attached hydrogens (tertiary/aromatic N) is 3. The number of benzene rings is 1. The highest BCUT2D eigenvalue weighted by molar-refractivity contribution is 7.98. The number of hydrogen-bond acceptors (Lipinski definition) is 5. The molecule has 0 bridgehead atoms. The molecule has 0 aliphatic heterocycles. The Kier molecular flexibility index (Phi) is 5.67. The number of hydrogen-bond donors (Lipinski definition) is 1. The van der Waals surface area contributed by atoms with Gasteiger partial charge in [-0.25, -0.2) is 10.4 Å². The van der Waals surface area contributed by atoms with Gasteiger partial charge in [-0.3, -0.25) is 4.79 Å². The molecule has 0 radical (unpaired) electrons. The second-order valence-electron chi connectivity index (χ2n) is 5.40. The van der Waals surface area contributed by atoms with Gasteiger partial charge < -0.3 is 8.98 Å². The van der Waals surface area contributed by atoms with E-state index in [-0.39, 0.29) is 18.2 Å². The molecular formula is C17H16F2N4O2S. The predicted molar refractivity (Wildman–Crippen MR) is 96.2 cm³/mol.